The number of allylic oxidation sites excluding steroid dienone is 4. The maximum Gasteiger partial charge on any atom is 2.00 e. The molecule has 184 valence electrons. The molecule has 0 atom stereocenters. The van der Waals surface area contributed by atoms with Crippen LogP contribution in [0.2, 0.25) is 0 Å². The van der Waals surface area contributed by atoms with E-state index in [1.165, 1.54) is 61.9 Å². The van der Waals surface area contributed by atoms with Gasteiger partial charge in [-0.25, -0.2) is 0 Å². The van der Waals surface area contributed by atoms with Gasteiger partial charge in [0.25, 0.3) is 0 Å². The predicted molar refractivity (Wildman–Crippen MR) is 129 cm³/mol. The standard InChI is InChI=1S/C18H33P.C9H14.2ClH.Pd/c1-4-10-16(11-5-1)19(17-12-6-2-7-13-17)18-14-8-3-9-15-18;1-9-7-5-3-2-4-6-8-9;;;/h16-18H,1-15H2;2-3,8H,4-7H2,1H3;2*1H;/q;;;;+2/p-2/b;3-2-,9-8-;;;. The van der Waals surface area contributed by atoms with E-state index in [-0.39, 0.29) is 45.2 Å². The van der Waals surface area contributed by atoms with Crippen molar-refractivity contribution in [3.05, 3.63) is 23.8 Å². The summed E-state index contributed by atoms with van der Waals surface area (Å²) in [5.74, 6) is 0. The summed E-state index contributed by atoms with van der Waals surface area (Å²) in [4.78, 5) is 0. The minimum Gasteiger partial charge on any atom is -1.00 e. The van der Waals surface area contributed by atoms with Crippen molar-refractivity contribution in [2.45, 2.75) is 146 Å². The van der Waals surface area contributed by atoms with Gasteiger partial charge in [-0.2, -0.15) is 0 Å². The van der Waals surface area contributed by atoms with E-state index >= 15 is 0 Å². The van der Waals surface area contributed by atoms with Crippen LogP contribution in [0.25, 0.3) is 0 Å². The predicted octanol–water partition coefficient (Wildman–Crippen LogP) is 3.53. The Kier molecular flexibility index (Phi) is 20.2. The van der Waals surface area contributed by atoms with Gasteiger partial charge in [0.15, 0.2) is 0 Å². The van der Waals surface area contributed by atoms with Crippen molar-refractivity contribution in [1.82, 2.24) is 0 Å². The van der Waals surface area contributed by atoms with Crippen molar-refractivity contribution >= 4 is 7.92 Å². The van der Waals surface area contributed by atoms with Crippen LogP contribution in [0.4, 0.5) is 0 Å². The van der Waals surface area contributed by atoms with Crippen molar-refractivity contribution in [3.63, 3.8) is 0 Å². The summed E-state index contributed by atoms with van der Waals surface area (Å²) in [7, 11) is 0.385. The third kappa shape index (κ3) is 11.9. The van der Waals surface area contributed by atoms with Crippen LogP contribution in [0.1, 0.15) is 129 Å². The molecule has 3 fully saturated rings. The molecule has 0 unspecified atom stereocenters. The molecule has 0 bridgehead atoms. The third-order valence-electron chi connectivity index (χ3n) is 7.69. The fraction of sp³-hybridized carbons (Fsp3) is 0.852. The van der Waals surface area contributed by atoms with Gasteiger partial charge >= 0.3 is 20.4 Å². The maximum absolute atomic E-state index is 2.35. The van der Waals surface area contributed by atoms with Crippen LogP contribution < -0.4 is 24.8 Å². The summed E-state index contributed by atoms with van der Waals surface area (Å²) < 4.78 is 0. The van der Waals surface area contributed by atoms with E-state index in [9.17, 15) is 0 Å². The topological polar surface area (TPSA) is 0 Å². The Balaban J connectivity index is 0.000000648. The van der Waals surface area contributed by atoms with Crippen LogP contribution in [0.3, 0.4) is 0 Å². The van der Waals surface area contributed by atoms with Gasteiger partial charge in [0, 0.05) is 0 Å². The summed E-state index contributed by atoms with van der Waals surface area (Å²) >= 11 is 0. The summed E-state index contributed by atoms with van der Waals surface area (Å²) in [6, 6.07) is 0. The smallest absolute Gasteiger partial charge is 1.00 e. The molecule has 3 saturated carbocycles. The van der Waals surface area contributed by atoms with E-state index in [0.717, 1.165) is 0 Å². The van der Waals surface area contributed by atoms with Gasteiger partial charge in [-0.15, -0.1) is 0 Å². The number of hydrogen-bond acceptors (Lipinski definition) is 0. The first-order valence-corrected chi connectivity index (χ1v) is 14.5. The molecule has 0 spiro atoms. The molecule has 0 aliphatic heterocycles. The Morgan fingerprint density at radius 2 is 0.968 bits per heavy atom. The Hall–Kier alpha value is 1.15. The molecule has 4 heteroatoms. The maximum atomic E-state index is 2.35. The average Bonchev–Trinajstić information content (AvgIpc) is 2.74. The molecule has 31 heavy (non-hydrogen) atoms. The van der Waals surface area contributed by atoms with Crippen LogP contribution in [0.15, 0.2) is 23.8 Å². The minimum absolute atomic E-state index is 0. The second-order valence-corrected chi connectivity index (χ2v) is 13.0. The van der Waals surface area contributed by atoms with Gasteiger partial charge in [0.05, 0.1) is 0 Å². The second-order valence-electron chi connectivity index (χ2n) is 9.96. The first-order chi connectivity index (χ1) is 13.8. The molecule has 0 aromatic rings. The summed E-state index contributed by atoms with van der Waals surface area (Å²) in [6.07, 6.45) is 35.5. The van der Waals surface area contributed by atoms with Crippen molar-refractivity contribution in [2.24, 2.45) is 0 Å². The quantitative estimate of drug-likeness (QED) is 0.273. The molecule has 4 rings (SSSR count). The van der Waals surface area contributed by atoms with E-state index in [1.807, 2.05) is 0 Å². The Morgan fingerprint density at radius 3 is 1.39 bits per heavy atom. The number of rotatable bonds is 3. The monoisotopic (exact) mass is 578 g/mol. The molecule has 4 aliphatic carbocycles. The first-order valence-electron chi connectivity index (χ1n) is 12.9. The number of halogens is 2. The molecule has 0 amide bonds. The zero-order valence-corrected chi connectivity index (χ0v) is 23.9. The van der Waals surface area contributed by atoms with Crippen LogP contribution in [-0.4, -0.2) is 17.0 Å². The van der Waals surface area contributed by atoms with Gasteiger partial charge in [0.2, 0.25) is 0 Å². The van der Waals surface area contributed by atoms with Crippen molar-refractivity contribution in [3.8, 4) is 0 Å². The van der Waals surface area contributed by atoms with Gasteiger partial charge < -0.3 is 24.8 Å². The second kappa shape index (κ2) is 19.5. The molecule has 0 heterocycles. The molecule has 4 aliphatic rings. The molecular formula is C27H47Cl2PPd. The fourth-order valence-corrected chi connectivity index (χ4v) is 10.8. The van der Waals surface area contributed by atoms with Crippen LogP contribution in [0, 0.1) is 0 Å². The molecule has 0 saturated heterocycles. The summed E-state index contributed by atoms with van der Waals surface area (Å²) in [5.41, 5.74) is 5.12. The summed E-state index contributed by atoms with van der Waals surface area (Å²) in [6.45, 7) is 2.22. The van der Waals surface area contributed by atoms with Gasteiger partial charge in [-0.3, -0.25) is 0 Å². The summed E-state index contributed by atoms with van der Waals surface area (Å²) in [5, 5.41) is 0. The minimum atomic E-state index is 0. The zero-order chi connectivity index (χ0) is 19.4. The zero-order valence-electron chi connectivity index (χ0n) is 19.9. The normalized spacial score (nSPS) is 26.3. The van der Waals surface area contributed by atoms with Crippen LogP contribution in [0.5, 0.6) is 0 Å². The van der Waals surface area contributed by atoms with Crippen LogP contribution in [-0.2, 0) is 20.4 Å². The fourth-order valence-electron chi connectivity index (χ4n) is 6.11. The largest absolute Gasteiger partial charge is 2.00 e. The molecule has 0 nitrogen and oxygen atoms in total. The van der Waals surface area contributed by atoms with Gasteiger partial charge in [-0.1, -0.05) is 89.5 Å². The average molecular weight is 580 g/mol. The Bertz CT molecular complexity index is 433. The SMILES string of the molecule is C/C1=C/CC/C=C\CC1.C1CCC(P(C2CCCCC2)C2CCCCC2)CC1.[Cl-].[Cl-].[Pd+2]. The molecule has 0 aromatic carbocycles. The molecule has 0 aromatic heterocycles. The first kappa shape index (κ1) is 32.2. The van der Waals surface area contributed by atoms with Crippen LogP contribution >= 0.6 is 7.92 Å². The molecule has 0 N–H and O–H groups in total. The third-order valence-corrected chi connectivity index (χ3v) is 11.8. The van der Waals surface area contributed by atoms with E-state index in [1.54, 1.807) is 82.6 Å². The van der Waals surface area contributed by atoms with Crippen molar-refractivity contribution in [1.29, 1.82) is 0 Å². The van der Waals surface area contributed by atoms with E-state index < -0.39 is 0 Å². The van der Waals surface area contributed by atoms with Gasteiger partial charge in [-0.05, 0) is 88.1 Å². The Labute approximate surface area is 221 Å². The van der Waals surface area contributed by atoms with Gasteiger partial charge in [0.1, 0.15) is 0 Å². The molecular weight excluding hydrogens is 533 g/mol. The number of hydrogen-bond donors (Lipinski definition) is 0. The van der Waals surface area contributed by atoms with E-state index in [2.05, 4.69) is 25.2 Å². The van der Waals surface area contributed by atoms with Crippen molar-refractivity contribution in [2.75, 3.05) is 0 Å². The Morgan fingerprint density at radius 1 is 0.581 bits per heavy atom. The van der Waals surface area contributed by atoms with Crippen molar-refractivity contribution < 1.29 is 45.2 Å². The van der Waals surface area contributed by atoms with E-state index in [4.69, 9.17) is 0 Å². The van der Waals surface area contributed by atoms with E-state index in [0.29, 0.717) is 7.92 Å². The molecule has 0 radical (unpaired) electrons.